The van der Waals surface area contributed by atoms with Crippen LogP contribution in [0.4, 0.5) is 16.2 Å². The van der Waals surface area contributed by atoms with Gasteiger partial charge in [0.1, 0.15) is 18.0 Å². The zero-order valence-electron chi connectivity index (χ0n) is 15.7. The fraction of sp³-hybridized carbons (Fsp3) is 0.0455. The van der Waals surface area contributed by atoms with E-state index < -0.39 is 0 Å². The monoisotopic (exact) mass is 420 g/mol. The van der Waals surface area contributed by atoms with Crippen LogP contribution in [0.25, 0.3) is 5.65 Å². The predicted molar refractivity (Wildman–Crippen MR) is 116 cm³/mol. The molecule has 0 radical (unpaired) electrons. The first kappa shape index (κ1) is 19.5. The van der Waals surface area contributed by atoms with Crippen molar-refractivity contribution in [2.75, 3.05) is 10.6 Å². The van der Waals surface area contributed by atoms with Gasteiger partial charge in [0.15, 0.2) is 0 Å². The smallest absolute Gasteiger partial charge is 0.323 e. The van der Waals surface area contributed by atoms with E-state index in [9.17, 15) is 9.59 Å². The van der Waals surface area contributed by atoms with Gasteiger partial charge in [-0.1, -0.05) is 17.7 Å². The summed E-state index contributed by atoms with van der Waals surface area (Å²) in [5.41, 5.74) is 2.18. The second kappa shape index (κ2) is 8.67. The number of ether oxygens (including phenoxy) is 1. The number of nitrogens with zero attached hydrogens (tertiary/aromatic N) is 2. The summed E-state index contributed by atoms with van der Waals surface area (Å²) in [6.45, 7) is 0.157. The van der Waals surface area contributed by atoms with Gasteiger partial charge in [-0.25, -0.2) is 9.78 Å². The fourth-order valence-corrected chi connectivity index (χ4v) is 2.92. The summed E-state index contributed by atoms with van der Waals surface area (Å²) in [6.07, 6.45) is 1.67. The van der Waals surface area contributed by atoms with E-state index in [4.69, 9.17) is 16.3 Å². The molecule has 7 nitrogen and oxygen atoms in total. The normalized spacial score (nSPS) is 10.6. The lowest BCUT2D eigenvalue weighted by Gasteiger charge is -2.10. The van der Waals surface area contributed by atoms with Crippen molar-refractivity contribution in [3.05, 3.63) is 100 Å². The van der Waals surface area contributed by atoms with Crippen molar-refractivity contribution >= 4 is 34.7 Å². The predicted octanol–water partition coefficient (Wildman–Crippen LogP) is 4.57. The first-order valence-electron chi connectivity index (χ1n) is 9.10. The van der Waals surface area contributed by atoms with Crippen molar-refractivity contribution in [1.82, 2.24) is 9.38 Å². The van der Waals surface area contributed by atoms with Gasteiger partial charge in [0.25, 0.3) is 5.56 Å². The van der Waals surface area contributed by atoms with Gasteiger partial charge in [-0.05, 0) is 60.7 Å². The van der Waals surface area contributed by atoms with Crippen LogP contribution in [0.5, 0.6) is 5.75 Å². The number of amides is 2. The summed E-state index contributed by atoms with van der Waals surface area (Å²) in [4.78, 5) is 28.6. The highest BCUT2D eigenvalue weighted by Gasteiger charge is 2.05. The Bertz CT molecular complexity index is 1240. The van der Waals surface area contributed by atoms with Crippen LogP contribution in [0.2, 0.25) is 5.02 Å². The number of aromatic nitrogens is 2. The Kier molecular flexibility index (Phi) is 5.63. The summed E-state index contributed by atoms with van der Waals surface area (Å²) < 4.78 is 7.18. The van der Waals surface area contributed by atoms with E-state index in [0.29, 0.717) is 33.5 Å². The van der Waals surface area contributed by atoms with Crippen molar-refractivity contribution in [2.24, 2.45) is 0 Å². The SMILES string of the molecule is O=C(Nc1ccc(Cl)cc1)Nc1ccc(OCc2cc(=O)n3ccccc3n2)cc1. The number of urea groups is 1. The fourth-order valence-electron chi connectivity index (χ4n) is 2.80. The third-order valence-electron chi connectivity index (χ3n) is 4.23. The van der Waals surface area contributed by atoms with E-state index in [0.717, 1.165) is 0 Å². The highest BCUT2D eigenvalue weighted by molar-refractivity contribution is 6.30. The van der Waals surface area contributed by atoms with Crippen molar-refractivity contribution in [3.8, 4) is 5.75 Å². The van der Waals surface area contributed by atoms with Gasteiger partial charge in [0.2, 0.25) is 0 Å². The maximum absolute atomic E-state index is 12.1. The quantitative estimate of drug-likeness (QED) is 0.495. The Morgan fingerprint density at radius 1 is 0.967 bits per heavy atom. The van der Waals surface area contributed by atoms with E-state index in [1.54, 1.807) is 66.9 Å². The van der Waals surface area contributed by atoms with E-state index in [1.165, 1.54) is 10.5 Å². The average molecular weight is 421 g/mol. The van der Waals surface area contributed by atoms with Crippen molar-refractivity contribution in [2.45, 2.75) is 6.61 Å². The van der Waals surface area contributed by atoms with Crippen molar-refractivity contribution in [1.29, 1.82) is 0 Å². The van der Waals surface area contributed by atoms with Crippen LogP contribution in [-0.4, -0.2) is 15.4 Å². The number of fused-ring (bicyclic) bond motifs is 1. The van der Waals surface area contributed by atoms with Crippen LogP contribution < -0.4 is 20.9 Å². The molecule has 0 fully saturated rings. The molecule has 30 heavy (non-hydrogen) atoms. The van der Waals surface area contributed by atoms with Gasteiger partial charge in [-0.3, -0.25) is 9.20 Å². The first-order valence-corrected chi connectivity index (χ1v) is 9.48. The van der Waals surface area contributed by atoms with E-state index in [1.807, 2.05) is 6.07 Å². The number of carbonyl (C=O) groups excluding carboxylic acids is 1. The van der Waals surface area contributed by atoms with Gasteiger partial charge in [-0.2, -0.15) is 0 Å². The molecule has 150 valence electrons. The number of hydrogen-bond acceptors (Lipinski definition) is 4. The zero-order chi connectivity index (χ0) is 20.9. The second-order valence-corrected chi connectivity index (χ2v) is 6.85. The molecule has 0 bridgehead atoms. The molecular formula is C22H17ClN4O3. The molecule has 2 aromatic heterocycles. The number of carbonyl (C=O) groups is 1. The van der Waals surface area contributed by atoms with Crippen LogP contribution in [-0.2, 0) is 6.61 Å². The van der Waals surface area contributed by atoms with Gasteiger partial charge in [-0.15, -0.1) is 0 Å². The topological polar surface area (TPSA) is 84.7 Å². The minimum Gasteiger partial charge on any atom is -0.487 e. The Balaban J connectivity index is 1.35. The molecule has 0 aliphatic heterocycles. The molecule has 2 aromatic carbocycles. The van der Waals surface area contributed by atoms with Gasteiger partial charge in [0.05, 0.1) is 5.69 Å². The summed E-state index contributed by atoms with van der Waals surface area (Å²) >= 11 is 5.83. The number of nitrogens with one attached hydrogen (secondary N) is 2. The lowest BCUT2D eigenvalue weighted by Crippen LogP contribution is -2.19. The summed E-state index contributed by atoms with van der Waals surface area (Å²) in [5.74, 6) is 0.591. The second-order valence-electron chi connectivity index (χ2n) is 6.41. The highest BCUT2D eigenvalue weighted by atomic mass is 35.5. The summed E-state index contributed by atoms with van der Waals surface area (Å²) in [5, 5.41) is 6.06. The number of anilines is 2. The molecule has 8 heteroatoms. The number of hydrogen-bond donors (Lipinski definition) is 2. The molecule has 2 N–H and O–H groups in total. The van der Waals surface area contributed by atoms with E-state index in [2.05, 4.69) is 15.6 Å². The molecule has 0 unspecified atom stereocenters. The van der Waals surface area contributed by atoms with Crippen LogP contribution in [0.1, 0.15) is 5.69 Å². The number of benzene rings is 2. The molecule has 2 heterocycles. The molecular weight excluding hydrogens is 404 g/mol. The Morgan fingerprint density at radius 2 is 1.63 bits per heavy atom. The minimum atomic E-state index is -0.369. The van der Waals surface area contributed by atoms with E-state index >= 15 is 0 Å². The maximum atomic E-state index is 12.1. The van der Waals surface area contributed by atoms with Gasteiger partial charge in [0, 0.05) is 28.7 Å². The van der Waals surface area contributed by atoms with Crippen LogP contribution in [0.15, 0.2) is 83.8 Å². The maximum Gasteiger partial charge on any atom is 0.323 e. The van der Waals surface area contributed by atoms with Crippen LogP contribution in [0, 0.1) is 0 Å². The molecule has 0 saturated heterocycles. The molecule has 0 spiro atoms. The standard InChI is InChI=1S/C22H17ClN4O3/c23-15-4-6-16(7-5-15)25-22(29)26-17-8-10-19(11-9-17)30-14-18-13-21(28)27-12-2-1-3-20(27)24-18/h1-13H,14H2,(H2,25,26,29). The third kappa shape index (κ3) is 4.76. The average Bonchev–Trinajstić information content (AvgIpc) is 2.75. The highest BCUT2D eigenvalue weighted by Crippen LogP contribution is 2.18. The Morgan fingerprint density at radius 3 is 2.33 bits per heavy atom. The van der Waals surface area contributed by atoms with Gasteiger partial charge < -0.3 is 15.4 Å². The third-order valence-corrected chi connectivity index (χ3v) is 4.48. The summed E-state index contributed by atoms with van der Waals surface area (Å²) in [7, 11) is 0. The lowest BCUT2D eigenvalue weighted by atomic mass is 10.3. The van der Waals surface area contributed by atoms with Crippen LogP contribution in [0.3, 0.4) is 0 Å². The van der Waals surface area contributed by atoms with E-state index in [-0.39, 0.29) is 18.2 Å². The lowest BCUT2D eigenvalue weighted by molar-refractivity contribution is 0.262. The number of rotatable bonds is 5. The number of halogens is 1. The Hall–Kier alpha value is -3.84. The molecule has 0 saturated carbocycles. The largest absolute Gasteiger partial charge is 0.487 e. The van der Waals surface area contributed by atoms with Crippen molar-refractivity contribution < 1.29 is 9.53 Å². The van der Waals surface area contributed by atoms with Crippen molar-refractivity contribution in [3.63, 3.8) is 0 Å². The minimum absolute atomic E-state index is 0.157. The molecule has 4 rings (SSSR count). The molecule has 4 aromatic rings. The zero-order valence-corrected chi connectivity index (χ0v) is 16.5. The summed E-state index contributed by atoms with van der Waals surface area (Å²) in [6, 6.07) is 20.2. The molecule has 0 aliphatic carbocycles. The Labute approximate surface area is 176 Å². The number of pyridine rings is 1. The van der Waals surface area contributed by atoms with Gasteiger partial charge >= 0.3 is 6.03 Å². The molecule has 0 aliphatic rings. The van der Waals surface area contributed by atoms with Crippen LogP contribution >= 0.6 is 11.6 Å². The molecule has 0 atom stereocenters. The first-order chi connectivity index (χ1) is 14.6. The molecule has 2 amide bonds.